The van der Waals surface area contributed by atoms with Crippen LogP contribution in [0.1, 0.15) is 46.0 Å². The highest BCUT2D eigenvalue weighted by atomic mass is 16.5. The molecule has 0 aromatic heterocycles. The average molecular weight is 240 g/mol. The molecule has 0 atom stereocenters. The Bertz CT molecular complexity index is 294. The van der Waals surface area contributed by atoms with E-state index < -0.39 is 11.8 Å². The highest BCUT2D eigenvalue weighted by Crippen LogP contribution is 2.07. The molecule has 0 aromatic carbocycles. The summed E-state index contributed by atoms with van der Waals surface area (Å²) in [4.78, 5) is 24.5. The van der Waals surface area contributed by atoms with Gasteiger partial charge in [0.15, 0.2) is 0 Å². The molecule has 0 N–H and O–H groups in total. The van der Waals surface area contributed by atoms with Gasteiger partial charge in [0.2, 0.25) is 5.78 Å². The predicted octanol–water partition coefficient (Wildman–Crippen LogP) is 2.01. The molecule has 0 amide bonds. The minimum atomic E-state index is -0.571. The van der Waals surface area contributed by atoms with E-state index in [9.17, 15) is 9.59 Å². The van der Waals surface area contributed by atoms with E-state index in [4.69, 9.17) is 10.3 Å². The standard InChI is InChI=1S/C12H20N2O3/c1-10(2)6-4-3-5-7-17-12(16)8-11(15)9-14-13/h9-10H,3-8H2,1-2H3. The van der Waals surface area contributed by atoms with E-state index in [1.807, 2.05) is 0 Å². The Morgan fingerprint density at radius 1 is 1.29 bits per heavy atom. The first-order valence-electron chi connectivity index (χ1n) is 5.92. The van der Waals surface area contributed by atoms with Crippen molar-refractivity contribution < 1.29 is 19.1 Å². The van der Waals surface area contributed by atoms with Gasteiger partial charge in [0, 0.05) is 0 Å². The number of unbranched alkanes of at least 4 members (excludes halogenated alkanes) is 2. The number of hydrogen-bond donors (Lipinski definition) is 0. The number of hydrogen-bond acceptors (Lipinski definition) is 3. The summed E-state index contributed by atoms with van der Waals surface area (Å²) in [6, 6.07) is 0. The lowest BCUT2D eigenvalue weighted by atomic mass is 10.1. The van der Waals surface area contributed by atoms with E-state index in [1.165, 1.54) is 6.42 Å². The molecule has 17 heavy (non-hydrogen) atoms. The third-order valence-electron chi connectivity index (χ3n) is 2.21. The molecule has 0 rings (SSSR count). The van der Waals surface area contributed by atoms with Crippen molar-refractivity contribution in [2.24, 2.45) is 5.92 Å². The Morgan fingerprint density at radius 3 is 2.59 bits per heavy atom. The van der Waals surface area contributed by atoms with Crippen molar-refractivity contribution in [3.05, 3.63) is 5.53 Å². The van der Waals surface area contributed by atoms with Gasteiger partial charge in [0.25, 0.3) is 0 Å². The number of carbonyl (C=O) groups excluding carboxylic acids is 2. The molecule has 0 aromatic rings. The van der Waals surface area contributed by atoms with Crippen molar-refractivity contribution in [1.82, 2.24) is 0 Å². The van der Waals surface area contributed by atoms with Crippen molar-refractivity contribution in [2.75, 3.05) is 6.61 Å². The molecule has 0 aliphatic carbocycles. The fourth-order valence-electron chi connectivity index (χ4n) is 1.32. The third kappa shape index (κ3) is 10.8. The van der Waals surface area contributed by atoms with Crippen LogP contribution in [0, 0.1) is 5.92 Å². The largest absolute Gasteiger partial charge is 0.465 e. The lowest BCUT2D eigenvalue weighted by Crippen LogP contribution is -2.13. The van der Waals surface area contributed by atoms with Gasteiger partial charge < -0.3 is 10.3 Å². The van der Waals surface area contributed by atoms with Crippen LogP contribution in [0.5, 0.6) is 0 Å². The van der Waals surface area contributed by atoms with Crippen molar-refractivity contribution >= 4 is 18.0 Å². The molecule has 0 saturated heterocycles. The van der Waals surface area contributed by atoms with Gasteiger partial charge in [-0.2, -0.15) is 4.79 Å². The van der Waals surface area contributed by atoms with Crippen LogP contribution >= 0.6 is 0 Å². The molecule has 0 fully saturated rings. The Hall–Kier alpha value is -1.48. The number of rotatable bonds is 9. The first-order valence-corrected chi connectivity index (χ1v) is 5.92. The van der Waals surface area contributed by atoms with Gasteiger partial charge in [-0.1, -0.05) is 33.1 Å². The fourth-order valence-corrected chi connectivity index (χ4v) is 1.32. The molecular formula is C12H20N2O3. The zero-order chi connectivity index (χ0) is 13.1. The average Bonchev–Trinajstić information content (AvgIpc) is 2.23. The quantitative estimate of drug-likeness (QED) is 0.154. The summed E-state index contributed by atoms with van der Waals surface area (Å²) in [6.45, 7) is 4.70. The van der Waals surface area contributed by atoms with Crippen LogP contribution in [0.4, 0.5) is 0 Å². The molecule has 0 unspecified atom stereocenters. The van der Waals surface area contributed by atoms with Crippen LogP contribution in [0.15, 0.2) is 0 Å². The maximum absolute atomic E-state index is 11.1. The number of ketones is 1. The van der Waals surface area contributed by atoms with E-state index in [1.54, 1.807) is 0 Å². The first-order chi connectivity index (χ1) is 8.06. The molecule has 96 valence electrons. The molecule has 0 heterocycles. The smallest absolute Gasteiger partial charge is 0.323 e. The van der Waals surface area contributed by atoms with Gasteiger partial charge in [-0.3, -0.25) is 9.59 Å². The maximum Gasteiger partial charge on any atom is 0.323 e. The van der Waals surface area contributed by atoms with Gasteiger partial charge in [0.05, 0.1) is 6.61 Å². The molecule has 0 aliphatic rings. The number of nitrogens with zero attached hydrogens (tertiary/aromatic N) is 2. The van der Waals surface area contributed by atoms with Crippen molar-refractivity contribution in [2.45, 2.75) is 46.0 Å². The van der Waals surface area contributed by atoms with E-state index in [-0.39, 0.29) is 6.42 Å². The zero-order valence-electron chi connectivity index (χ0n) is 10.5. The summed E-state index contributed by atoms with van der Waals surface area (Å²) in [5, 5.41) is 0. The van der Waals surface area contributed by atoms with Crippen molar-refractivity contribution in [3.63, 3.8) is 0 Å². The second kappa shape index (κ2) is 9.73. The monoisotopic (exact) mass is 240 g/mol. The SMILES string of the molecule is CC(C)CCCCCOC(=O)CC(=O)C=[N+]=[N-]. The fraction of sp³-hybridized carbons (Fsp3) is 0.750. The van der Waals surface area contributed by atoms with Gasteiger partial charge in [0.1, 0.15) is 6.42 Å². The van der Waals surface area contributed by atoms with Crippen LogP contribution < -0.4 is 0 Å². The Kier molecular flexibility index (Phi) is 8.88. The number of Topliss-reactive ketones (excluding diaryl/α,β-unsaturated/α-hetero) is 1. The molecule has 0 bridgehead atoms. The Balaban J connectivity index is 3.45. The topological polar surface area (TPSA) is 79.8 Å². The minimum Gasteiger partial charge on any atom is -0.465 e. The molecule has 5 nitrogen and oxygen atoms in total. The van der Waals surface area contributed by atoms with Crippen LogP contribution in [-0.4, -0.2) is 29.4 Å². The lowest BCUT2D eigenvalue weighted by Gasteiger charge is -2.05. The number of carbonyl (C=O) groups is 2. The van der Waals surface area contributed by atoms with Gasteiger partial charge >= 0.3 is 12.2 Å². The van der Waals surface area contributed by atoms with Crippen molar-refractivity contribution in [3.8, 4) is 0 Å². The predicted molar refractivity (Wildman–Crippen MR) is 63.6 cm³/mol. The first kappa shape index (κ1) is 15.5. The summed E-state index contributed by atoms with van der Waals surface area (Å²) in [5.41, 5.74) is 8.06. The van der Waals surface area contributed by atoms with Gasteiger partial charge in [-0.05, 0) is 12.3 Å². The minimum absolute atomic E-state index is 0.348. The van der Waals surface area contributed by atoms with Crippen molar-refractivity contribution in [1.29, 1.82) is 0 Å². The number of esters is 1. The van der Waals surface area contributed by atoms with Crippen LogP contribution in [-0.2, 0) is 14.3 Å². The molecule has 0 aliphatic heterocycles. The van der Waals surface area contributed by atoms with Crippen LogP contribution in [0.3, 0.4) is 0 Å². The Labute approximate surface area is 102 Å². The molecule has 0 saturated carbocycles. The number of ether oxygens (including phenoxy) is 1. The molecule has 0 spiro atoms. The highest BCUT2D eigenvalue weighted by molar-refractivity contribution is 6.29. The lowest BCUT2D eigenvalue weighted by molar-refractivity contribution is -0.145. The summed E-state index contributed by atoms with van der Waals surface area (Å²) >= 11 is 0. The van der Waals surface area contributed by atoms with E-state index in [2.05, 4.69) is 18.6 Å². The second-order valence-electron chi connectivity index (χ2n) is 4.35. The summed E-state index contributed by atoms with van der Waals surface area (Å²) in [6.07, 6.45) is 4.49. The van der Waals surface area contributed by atoms with Crippen LogP contribution in [0.25, 0.3) is 5.53 Å². The van der Waals surface area contributed by atoms with E-state index in [0.29, 0.717) is 18.7 Å². The van der Waals surface area contributed by atoms with E-state index in [0.717, 1.165) is 19.3 Å². The molecule has 0 radical (unpaired) electrons. The van der Waals surface area contributed by atoms with Crippen LogP contribution in [0.2, 0.25) is 0 Å². The summed E-state index contributed by atoms with van der Waals surface area (Å²) in [7, 11) is 0. The second-order valence-corrected chi connectivity index (χ2v) is 4.35. The normalized spacial score (nSPS) is 9.82. The van der Waals surface area contributed by atoms with E-state index >= 15 is 0 Å². The summed E-state index contributed by atoms with van der Waals surface area (Å²) < 4.78 is 4.86. The van der Waals surface area contributed by atoms with Gasteiger partial charge in [-0.25, -0.2) is 0 Å². The molecule has 5 heteroatoms. The van der Waals surface area contributed by atoms with Gasteiger partial charge in [-0.15, -0.1) is 0 Å². The Morgan fingerprint density at radius 2 is 2.00 bits per heavy atom. The zero-order valence-corrected chi connectivity index (χ0v) is 10.5. The summed E-state index contributed by atoms with van der Waals surface area (Å²) in [5.74, 6) is -0.427. The maximum atomic E-state index is 11.1. The highest BCUT2D eigenvalue weighted by Gasteiger charge is 2.11. The molecular weight excluding hydrogens is 220 g/mol. The third-order valence-corrected chi connectivity index (χ3v) is 2.21.